The Morgan fingerprint density at radius 3 is 2.09 bits per heavy atom. The molecule has 0 aliphatic carbocycles. The molecule has 2 aromatic carbocycles. The molecule has 3 nitrogen and oxygen atoms in total. The van der Waals surface area contributed by atoms with Gasteiger partial charge in [-0.25, -0.2) is 4.79 Å². The lowest BCUT2D eigenvalue weighted by Crippen LogP contribution is -2.04. The quantitative estimate of drug-likeness (QED) is 0.839. The van der Waals surface area contributed by atoms with Crippen molar-refractivity contribution >= 4 is 5.97 Å². The largest absolute Gasteiger partial charge is 0.486 e. The lowest BCUT2D eigenvalue weighted by atomic mass is 10.0. The number of hydrogen-bond donors (Lipinski definition) is 1. The Bertz CT molecular complexity index is 612. The van der Waals surface area contributed by atoms with Crippen LogP contribution < -0.4 is 4.74 Å². The van der Waals surface area contributed by atoms with Gasteiger partial charge in [0, 0.05) is 0 Å². The van der Waals surface area contributed by atoms with Crippen LogP contribution in [0.4, 0.5) is 0 Å². The van der Waals surface area contributed by atoms with E-state index in [2.05, 4.69) is 38.1 Å². The van der Waals surface area contributed by atoms with E-state index in [-0.39, 0.29) is 11.7 Å². The van der Waals surface area contributed by atoms with Crippen molar-refractivity contribution in [1.29, 1.82) is 0 Å². The van der Waals surface area contributed by atoms with Crippen LogP contribution in [0.25, 0.3) is 0 Å². The zero-order valence-electron chi connectivity index (χ0n) is 13.2. The minimum Gasteiger partial charge on any atom is -0.486 e. The number of aromatic carboxylic acids is 1. The third kappa shape index (κ3) is 4.35. The molecule has 0 bridgehead atoms. The zero-order valence-corrected chi connectivity index (χ0v) is 13.2. The summed E-state index contributed by atoms with van der Waals surface area (Å²) >= 11 is 0. The van der Waals surface area contributed by atoms with Crippen LogP contribution in [-0.4, -0.2) is 11.1 Å². The Morgan fingerprint density at radius 1 is 1.00 bits per heavy atom. The van der Waals surface area contributed by atoms with Crippen molar-refractivity contribution in [2.75, 3.05) is 0 Å². The minimum atomic E-state index is -0.930. The van der Waals surface area contributed by atoms with E-state index in [0.29, 0.717) is 11.7 Å². The zero-order chi connectivity index (χ0) is 16.1. The summed E-state index contributed by atoms with van der Waals surface area (Å²) in [6.07, 6.45) is 0.996. The van der Waals surface area contributed by atoms with Gasteiger partial charge >= 0.3 is 5.97 Å². The Hall–Kier alpha value is -2.29. The summed E-state index contributed by atoms with van der Waals surface area (Å²) in [6.45, 7) is 6.41. The third-order valence-corrected chi connectivity index (χ3v) is 3.51. The van der Waals surface area contributed by atoms with E-state index >= 15 is 0 Å². The smallest absolute Gasteiger partial charge is 0.335 e. The lowest BCUT2D eigenvalue weighted by molar-refractivity contribution is 0.0697. The van der Waals surface area contributed by atoms with Gasteiger partial charge in [-0.1, -0.05) is 38.1 Å². The molecule has 0 aromatic heterocycles. The molecular formula is C19H22O3. The number of ether oxygens (including phenoxy) is 1. The molecule has 0 aliphatic rings. The molecule has 0 saturated carbocycles. The summed E-state index contributed by atoms with van der Waals surface area (Å²) in [4.78, 5) is 10.8. The average Bonchev–Trinajstić information content (AvgIpc) is 2.48. The van der Waals surface area contributed by atoms with Crippen molar-refractivity contribution in [2.45, 2.75) is 33.3 Å². The Balaban J connectivity index is 2.02. The van der Waals surface area contributed by atoms with Gasteiger partial charge in [-0.05, 0) is 54.7 Å². The summed E-state index contributed by atoms with van der Waals surface area (Å²) in [5.41, 5.74) is 2.70. The summed E-state index contributed by atoms with van der Waals surface area (Å²) in [5.74, 6) is 0.386. The van der Waals surface area contributed by atoms with Gasteiger partial charge in [-0.2, -0.15) is 0 Å². The maximum atomic E-state index is 10.8. The van der Waals surface area contributed by atoms with Gasteiger partial charge in [0.25, 0.3) is 0 Å². The number of carboxylic acids is 1. The fourth-order valence-electron chi connectivity index (χ4n) is 2.34. The molecule has 1 atom stereocenters. The van der Waals surface area contributed by atoms with Crippen molar-refractivity contribution < 1.29 is 14.6 Å². The molecule has 0 heterocycles. The molecule has 2 aromatic rings. The van der Waals surface area contributed by atoms with Gasteiger partial charge in [-0.15, -0.1) is 0 Å². The van der Waals surface area contributed by atoms with Crippen LogP contribution in [0, 0.1) is 5.92 Å². The van der Waals surface area contributed by atoms with Gasteiger partial charge in [0.15, 0.2) is 0 Å². The normalized spacial score (nSPS) is 12.2. The number of hydrogen-bond acceptors (Lipinski definition) is 2. The standard InChI is InChI=1S/C19H22O3/c1-13(2)12-15-4-6-16(7-5-15)14(3)22-18-10-8-17(9-11-18)19(20)21/h4-11,13-14H,12H2,1-3H3,(H,20,21)/t14-/m0/s1. The Kier molecular flexibility index (Phi) is 5.21. The fourth-order valence-corrected chi connectivity index (χ4v) is 2.34. The van der Waals surface area contributed by atoms with Crippen molar-refractivity contribution in [3.63, 3.8) is 0 Å². The van der Waals surface area contributed by atoms with Crippen LogP contribution in [0.2, 0.25) is 0 Å². The summed E-state index contributed by atoms with van der Waals surface area (Å²) in [6, 6.07) is 14.9. The predicted octanol–water partition coefficient (Wildman–Crippen LogP) is 4.72. The van der Waals surface area contributed by atoms with Gasteiger partial charge in [0.05, 0.1) is 5.56 Å². The Morgan fingerprint density at radius 2 is 1.59 bits per heavy atom. The molecular weight excluding hydrogens is 276 g/mol. The first-order chi connectivity index (χ1) is 10.5. The molecule has 116 valence electrons. The number of carboxylic acid groups (broad SMARTS) is 1. The first kappa shape index (κ1) is 16.1. The molecule has 0 unspecified atom stereocenters. The second-order valence-electron chi connectivity index (χ2n) is 5.93. The summed E-state index contributed by atoms with van der Waals surface area (Å²) in [5, 5.41) is 8.88. The van der Waals surface area contributed by atoms with Crippen LogP contribution in [0.3, 0.4) is 0 Å². The highest BCUT2D eigenvalue weighted by Crippen LogP contribution is 2.23. The van der Waals surface area contributed by atoms with Crippen LogP contribution in [0.15, 0.2) is 48.5 Å². The maximum absolute atomic E-state index is 10.8. The van der Waals surface area contributed by atoms with Crippen LogP contribution in [0.5, 0.6) is 5.75 Å². The topological polar surface area (TPSA) is 46.5 Å². The SMILES string of the molecule is CC(C)Cc1ccc([C@H](C)Oc2ccc(C(=O)O)cc2)cc1. The second-order valence-corrected chi connectivity index (χ2v) is 5.93. The molecule has 0 aliphatic heterocycles. The molecule has 2 rings (SSSR count). The molecule has 3 heteroatoms. The fraction of sp³-hybridized carbons (Fsp3) is 0.316. The molecule has 0 fully saturated rings. The number of rotatable bonds is 6. The average molecular weight is 298 g/mol. The van der Waals surface area contributed by atoms with Crippen molar-refractivity contribution in [3.05, 3.63) is 65.2 Å². The van der Waals surface area contributed by atoms with Crippen LogP contribution in [-0.2, 0) is 6.42 Å². The predicted molar refractivity (Wildman–Crippen MR) is 87.4 cm³/mol. The highest BCUT2D eigenvalue weighted by molar-refractivity contribution is 5.87. The molecule has 0 saturated heterocycles. The first-order valence-corrected chi connectivity index (χ1v) is 7.54. The number of benzene rings is 2. The van der Waals surface area contributed by atoms with Gasteiger partial charge in [0.1, 0.15) is 11.9 Å². The molecule has 1 N–H and O–H groups in total. The second kappa shape index (κ2) is 7.12. The number of carbonyl (C=O) groups is 1. The van der Waals surface area contributed by atoms with E-state index in [1.54, 1.807) is 24.3 Å². The maximum Gasteiger partial charge on any atom is 0.335 e. The summed E-state index contributed by atoms with van der Waals surface area (Å²) in [7, 11) is 0. The van der Waals surface area contributed by atoms with Crippen molar-refractivity contribution in [2.24, 2.45) is 5.92 Å². The van der Waals surface area contributed by atoms with E-state index in [1.807, 2.05) is 6.92 Å². The van der Waals surface area contributed by atoms with E-state index in [0.717, 1.165) is 12.0 Å². The monoisotopic (exact) mass is 298 g/mol. The summed E-state index contributed by atoms with van der Waals surface area (Å²) < 4.78 is 5.86. The van der Waals surface area contributed by atoms with Gasteiger partial charge in [-0.3, -0.25) is 0 Å². The Labute approximate surface area is 131 Å². The van der Waals surface area contributed by atoms with E-state index < -0.39 is 5.97 Å². The van der Waals surface area contributed by atoms with Gasteiger partial charge in [0.2, 0.25) is 0 Å². The highest BCUT2D eigenvalue weighted by Gasteiger charge is 2.09. The minimum absolute atomic E-state index is 0.0798. The first-order valence-electron chi connectivity index (χ1n) is 7.54. The highest BCUT2D eigenvalue weighted by atomic mass is 16.5. The lowest BCUT2D eigenvalue weighted by Gasteiger charge is -2.16. The molecule has 0 radical (unpaired) electrons. The van der Waals surface area contributed by atoms with Crippen LogP contribution in [0.1, 0.15) is 48.4 Å². The van der Waals surface area contributed by atoms with Crippen molar-refractivity contribution in [1.82, 2.24) is 0 Å². The molecule has 22 heavy (non-hydrogen) atoms. The van der Waals surface area contributed by atoms with E-state index in [1.165, 1.54) is 5.56 Å². The van der Waals surface area contributed by atoms with E-state index in [9.17, 15) is 4.79 Å². The van der Waals surface area contributed by atoms with Gasteiger partial charge < -0.3 is 9.84 Å². The van der Waals surface area contributed by atoms with Crippen LogP contribution >= 0.6 is 0 Å². The molecule has 0 amide bonds. The third-order valence-electron chi connectivity index (χ3n) is 3.51. The van der Waals surface area contributed by atoms with Crippen molar-refractivity contribution in [3.8, 4) is 5.75 Å². The molecule has 0 spiro atoms. The van der Waals surface area contributed by atoms with E-state index in [4.69, 9.17) is 9.84 Å².